The van der Waals surface area contributed by atoms with Gasteiger partial charge in [0.05, 0.1) is 0 Å². The Morgan fingerprint density at radius 3 is 2.50 bits per heavy atom. The predicted octanol–water partition coefficient (Wildman–Crippen LogP) is -1.43. The zero-order valence-corrected chi connectivity index (χ0v) is 2.75. The highest BCUT2D eigenvalue weighted by Crippen LogP contribution is 1.56. The van der Waals surface area contributed by atoms with Gasteiger partial charge in [0.15, 0.2) is 0 Å². The molecule has 0 rings (SSSR count). The summed E-state index contributed by atoms with van der Waals surface area (Å²) in [6.45, 7) is 0. The molecule has 0 aliphatic carbocycles. The topological polar surface area (TPSA) is 90.4 Å². The van der Waals surface area contributed by atoms with Crippen LogP contribution < -0.4 is 11.4 Å². The largest absolute Gasteiger partial charge is 0.313 e. The molecule has 0 fully saturated rings. The van der Waals surface area contributed by atoms with Crippen molar-refractivity contribution in [3.63, 3.8) is 0 Å². The lowest BCUT2D eigenvalue weighted by Gasteiger charge is -1.85. The second kappa shape index (κ2) is 2.36. The van der Waals surface area contributed by atoms with Crippen LogP contribution in [-0.2, 0) is 4.94 Å². The van der Waals surface area contributed by atoms with Crippen molar-refractivity contribution < 1.29 is 10.0 Å². The second-order valence-corrected chi connectivity index (χ2v) is 0.433. The Morgan fingerprint density at radius 2 is 2.50 bits per heavy atom. The van der Waals surface area contributed by atoms with Gasteiger partial charge in [0, 0.05) is 0 Å². The first-order valence-electron chi connectivity index (χ1n) is 1.04. The van der Waals surface area contributed by atoms with Crippen LogP contribution in [0.3, 0.4) is 0 Å². The van der Waals surface area contributed by atoms with Gasteiger partial charge in [-0.05, 0) is 0 Å². The van der Waals surface area contributed by atoms with Crippen LogP contribution >= 0.6 is 0 Å². The van der Waals surface area contributed by atoms with E-state index in [2.05, 4.69) is 10.8 Å². The summed E-state index contributed by atoms with van der Waals surface area (Å²) in [5.74, 6) is 4.32. The van der Waals surface area contributed by atoms with E-state index >= 15 is 0 Å². The molecule has 0 heterocycles. The number of rotatable bonds is 2. The third-order valence-corrected chi connectivity index (χ3v) is 0.127. The summed E-state index contributed by atoms with van der Waals surface area (Å²) in [5.41, 5.74) is 1.37. The Bertz CT molecular complexity index is 50.0. The number of hydrogen-bond donors (Lipinski definition) is 2. The van der Waals surface area contributed by atoms with Gasteiger partial charge in [-0.15, -0.1) is 10.1 Å². The fourth-order valence-electron chi connectivity index (χ4n) is 0.0430. The van der Waals surface area contributed by atoms with Gasteiger partial charge >= 0.3 is 5.09 Å². The Balaban J connectivity index is 2.83. The van der Waals surface area contributed by atoms with E-state index < -0.39 is 5.09 Å². The zero-order chi connectivity index (χ0) is 4.99. The Hall–Kier alpha value is -0.880. The molecule has 0 aromatic heterocycles. The van der Waals surface area contributed by atoms with Crippen molar-refractivity contribution in [3.05, 3.63) is 10.1 Å². The van der Waals surface area contributed by atoms with Crippen LogP contribution in [0.4, 0.5) is 0 Å². The molecule has 0 aliphatic heterocycles. The van der Waals surface area contributed by atoms with Crippen LogP contribution in [0.25, 0.3) is 0 Å². The van der Waals surface area contributed by atoms with Crippen molar-refractivity contribution in [3.8, 4) is 0 Å². The average Bonchev–Trinajstić information content (AvgIpc) is 1.35. The molecule has 3 N–H and O–H groups in total. The van der Waals surface area contributed by atoms with Crippen LogP contribution in [0.2, 0.25) is 0 Å². The molecule has 36 valence electrons. The number of hydrogen-bond acceptors (Lipinski definition) is 5. The van der Waals surface area contributed by atoms with E-state index in [-0.39, 0.29) is 0 Å². The van der Waals surface area contributed by atoms with Gasteiger partial charge < -0.3 is 0 Å². The number of hydrazine groups is 1. The van der Waals surface area contributed by atoms with Crippen molar-refractivity contribution in [1.82, 2.24) is 5.59 Å². The minimum atomic E-state index is -1.06. The molecule has 0 aromatic rings. The summed E-state index contributed by atoms with van der Waals surface area (Å²) >= 11 is 0. The van der Waals surface area contributed by atoms with Gasteiger partial charge in [-0.25, -0.2) is 10.8 Å². The minimum Gasteiger partial charge on any atom is -0.248 e. The average molecular weight is 93.0 g/mol. The molecule has 0 radical (unpaired) electrons. The van der Waals surface area contributed by atoms with Crippen molar-refractivity contribution >= 4 is 0 Å². The van der Waals surface area contributed by atoms with E-state index in [4.69, 9.17) is 10.1 Å². The first-order chi connectivity index (χ1) is 2.77. The Kier molecular flexibility index (Phi) is 2.02. The third-order valence-electron chi connectivity index (χ3n) is 0.127. The summed E-state index contributed by atoms with van der Waals surface area (Å²) < 4.78 is 0. The predicted molar refractivity (Wildman–Crippen MR) is 15.4 cm³/mol. The molecule has 0 atom stereocenters. The van der Waals surface area contributed by atoms with Crippen molar-refractivity contribution in [2.75, 3.05) is 0 Å². The molecule has 0 unspecified atom stereocenters. The lowest BCUT2D eigenvalue weighted by Crippen LogP contribution is -2.25. The molecule has 0 saturated heterocycles. The maximum absolute atomic E-state index is 9.04. The summed E-state index contributed by atoms with van der Waals surface area (Å²) in [6, 6.07) is 0. The van der Waals surface area contributed by atoms with E-state index in [0.29, 0.717) is 0 Å². The molecular weight excluding hydrogens is 90.0 g/mol. The summed E-state index contributed by atoms with van der Waals surface area (Å²) in [4.78, 5) is 12.3. The first kappa shape index (κ1) is 5.12. The maximum atomic E-state index is 9.04. The van der Waals surface area contributed by atoms with E-state index in [0.717, 1.165) is 0 Å². The Morgan fingerprint density at radius 1 is 2.00 bits per heavy atom. The number of nitrogens with zero attached hydrogens (tertiary/aromatic N) is 1. The van der Waals surface area contributed by atoms with Gasteiger partial charge in [-0.3, -0.25) is 0 Å². The quantitative estimate of drug-likeness (QED) is 0.248. The van der Waals surface area contributed by atoms with E-state index in [1.807, 2.05) is 0 Å². The van der Waals surface area contributed by atoms with Crippen molar-refractivity contribution in [2.24, 2.45) is 5.84 Å². The van der Waals surface area contributed by atoms with Gasteiger partial charge in [-0.2, -0.15) is 0 Å². The van der Waals surface area contributed by atoms with Crippen LogP contribution in [0.15, 0.2) is 0 Å². The van der Waals surface area contributed by atoms with E-state index in [1.165, 1.54) is 5.59 Å². The smallest absolute Gasteiger partial charge is 0.248 e. The maximum Gasteiger partial charge on any atom is 0.313 e. The van der Waals surface area contributed by atoms with Gasteiger partial charge in [0.1, 0.15) is 0 Å². The van der Waals surface area contributed by atoms with Crippen molar-refractivity contribution in [1.29, 1.82) is 0 Å². The van der Waals surface area contributed by atoms with Crippen LogP contribution in [-0.4, -0.2) is 5.09 Å². The third kappa shape index (κ3) is 3.12. The second-order valence-electron chi connectivity index (χ2n) is 0.433. The molecule has 0 aliphatic rings. The van der Waals surface area contributed by atoms with Crippen LogP contribution in [0.5, 0.6) is 0 Å². The molecule has 6 nitrogen and oxygen atoms in total. The van der Waals surface area contributed by atoms with Crippen LogP contribution in [0, 0.1) is 10.1 Å². The highest BCUT2D eigenvalue weighted by Gasteiger charge is 1.83. The monoisotopic (exact) mass is 93.0 g/mol. The standard InChI is InChI=1S/H3N3O3/c1-2-6-3(4)5/h2H,1H2. The lowest BCUT2D eigenvalue weighted by molar-refractivity contribution is -0.776. The lowest BCUT2D eigenvalue weighted by atomic mass is 12.7. The fraction of sp³-hybridized carbons (Fsp3) is 0. The highest BCUT2D eigenvalue weighted by molar-refractivity contribution is 3.86. The fourth-order valence-corrected chi connectivity index (χ4v) is 0.0430. The molecule has 0 bridgehead atoms. The highest BCUT2D eigenvalue weighted by atomic mass is 17.0. The molecular formula is H3N3O3. The summed E-state index contributed by atoms with van der Waals surface area (Å²) in [6.07, 6.45) is 0. The summed E-state index contributed by atoms with van der Waals surface area (Å²) in [5, 5.41) is 7.98. The summed E-state index contributed by atoms with van der Waals surface area (Å²) in [7, 11) is 0. The van der Waals surface area contributed by atoms with Crippen LogP contribution in [0.1, 0.15) is 0 Å². The minimum absolute atomic E-state index is 1.06. The molecule has 6 heteroatoms. The number of nitrogens with two attached hydrogens (primary N) is 1. The normalized spacial score (nSPS) is 7.50. The van der Waals surface area contributed by atoms with Crippen molar-refractivity contribution in [2.45, 2.75) is 0 Å². The molecule has 0 aromatic carbocycles. The first-order valence-corrected chi connectivity index (χ1v) is 1.04. The van der Waals surface area contributed by atoms with E-state index in [9.17, 15) is 0 Å². The molecule has 0 amide bonds. The van der Waals surface area contributed by atoms with Gasteiger partial charge in [0.25, 0.3) is 0 Å². The van der Waals surface area contributed by atoms with E-state index in [1.54, 1.807) is 0 Å². The van der Waals surface area contributed by atoms with Gasteiger partial charge in [-0.1, -0.05) is 5.59 Å². The number of nitrogens with one attached hydrogen (secondary N) is 1. The molecule has 0 spiro atoms. The molecule has 6 heavy (non-hydrogen) atoms. The van der Waals surface area contributed by atoms with Gasteiger partial charge in [0.2, 0.25) is 0 Å². The Labute approximate surface area is 32.9 Å². The zero-order valence-electron chi connectivity index (χ0n) is 2.75. The molecule has 0 saturated carbocycles. The SMILES string of the molecule is NNO[N+](=O)[O-].